The molecule has 0 spiro atoms. The summed E-state index contributed by atoms with van der Waals surface area (Å²) in [6.07, 6.45) is 1.02. The van der Waals surface area contributed by atoms with Crippen molar-refractivity contribution in [3.05, 3.63) is 46.0 Å². The average Bonchev–Trinajstić information content (AvgIpc) is 2.92. The first kappa shape index (κ1) is 11.9. The third kappa shape index (κ3) is 1.82. The number of carbonyl (C=O) groups is 1. The zero-order valence-electron chi connectivity index (χ0n) is 9.91. The molecule has 6 nitrogen and oxygen atoms in total. The molecular weight excluding hydrogens is 266 g/mol. The Morgan fingerprint density at radius 1 is 1.21 bits per heavy atom. The van der Waals surface area contributed by atoms with Crippen molar-refractivity contribution >= 4 is 22.1 Å². The minimum absolute atomic E-state index is 0.0483. The number of rotatable bonds is 1. The van der Waals surface area contributed by atoms with Crippen LogP contribution in [0.2, 0.25) is 0 Å². The predicted molar refractivity (Wildman–Crippen MR) is 69.3 cm³/mol. The highest BCUT2D eigenvalue weighted by molar-refractivity contribution is 7.94. The first-order valence-corrected chi connectivity index (χ1v) is 7.09. The van der Waals surface area contributed by atoms with E-state index in [2.05, 4.69) is 4.40 Å². The van der Waals surface area contributed by atoms with Gasteiger partial charge in [-0.25, -0.2) is 0 Å². The molecule has 3 rings (SSSR count). The lowest BCUT2D eigenvalue weighted by molar-refractivity contribution is -0.127. The predicted octanol–water partition coefficient (Wildman–Crippen LogP) is 0.113. The molecule has 1 amide bonds. The van der Waals surface area contributed by atoms with Gasteiger partial charge in [0.1, 0.15) is 0 Å². The van der Waals surface area contributed by atoms with Crippen molar-refractivity contribution in [2.75, 3.05) is 0 Å². The standard InChI is InChI=1S/C12H11N3O3S/c13-11-10(5-14-19(11,17)18)12(16)15-6-8-3-1-2-4-9(8)7-15/h1-5H,6-7,13H2. The number of hydrogen-bond donors (Lipinski definition) is 1. The third-order valence-electron chi connectivity index (χ3n) is 3.22. The van der Waals surface area contributed by atoms with Gasteiger partial charge in [-0.2, -0.15) is 12.8 Å². The quantitative estimate of drug-likeness (QED) is 0.788. The summed E-state index contributed by atoms with van der Waals surface area (Å²) < 4.78 is 26.0. The molecule has 2 aliphatic heterocycles. The van der Waals surface area contributed by atoms with E-state index in [0.29, 0.717) is 13.1 Å². The Morgan fingerprint density at radius 2 is 1.79 bits per heavy atom. The molecule has 98 valence electrons. The Kier molecular flexibility index (Phi) is 2.46. The second kappa shape index (κ2) is 3.92. The molecule has 0 bridgehead atoms. The zero-order valence-corrected chi connectivity index (χ0v) is 10.7. The summed E-state index contributed by atoms with van der Waals surface area (Å²) in [5, 5.41) is -0.464. The van der Waals surface area contributed by atoms with Crippen LogP contribution in [0.3, 0.4) is 0 Å². The van der Waals surface area contributed by atoms with Crippen LogP contribution in [0.1, 0.15) is 11.1 Å². The van der Waals surface area contributed by atoms with E-state index in [4.69, 9.17) is 5.73 Å². The molecule has 2 heterocycles. The zero-order chi connectivity index (χ0) is 13.6. The highest BCUT2D eigenvalue weighted by atomic mass is 32.2. The molecule has 0 saturated carbocycles. The summed E-state index contributed by atoms with van der Waals surface area (Å²) >= 11 is 0. The van der Waals surface area contributed by atoms with Crippen LogP contribution in [-0.2, 0) is 27.9 Å². The molecule has 1 aromatic rings. The van der Waals surface area contributed by atoms with Gasteiger partial charge in [-0.1, -0.05) is 24.3 Å². The molecule has 0 atom stereocenters. The van der Waals surface area contributed by atoms with Crippen LogP contribution < -0.4 is 5.73 Å². The molecule has 2 aliphatic rings. The monoisotopic (exact) mass is 277 g/mol. The largest absolute Gasteiger partial charge is 0.387 e. The molecule has 0 aromatic heterocycles. The Balaban J connectivity index is 1.90. The SMILES string of the molecule is NC1=C(C(=O)N2Cc3ccccc3C2)C=NS1(=O)=O. The van der Waals surface area contributed by atoms with Gasteiger partial charge in [0.25, 0.3) is 15.9 Å². The Bertz CT molecular complexity index is 709. The number of carbonyl (C=O) groups excluding carboxylic acids is 1. The number of nitrogens with two attached hydrogens (primary N) is 1. The minimum Gasteiger partial charge on any atom is -0.387 e. The van der Waals surface area contributed by atoms with Gasteiger partial charge in [-0.15, -0.1) is 0 Å². The van der Waals surface area contributed by atoms with Crippen LogP contribution in [0.4, 0.5) is 0 Å². The number of amides is 1. The minimum atomic E-state index is -3.84. The van der Waals surface area contributed by atoms with Crippen LogP contribution in [0.15, 0.2) is 39.3 Å². The van der Waals surface area contributed by atoms with Crippen LogP contribution in [-0.4, -0.2) is 25.4 Å². The maximum absolute atomic E-state index is 12.2. The summed E-state index contributed by atoms with van der Waals surface area (Å²) in [7, 11) is -3.84. The van der Waals surface area contributed by atoms with E-state index in [1.165, 1.54) is 0 Å². The van der Waals surface area contributed by atoms with Crippen LogP contribution >= 0.6 is 0 Å². The van der Waals surface area contributed by atoms with Crippen molar-refractivity contribution in [2.45, 2.75) is 13.1 Å². The molecule has 0 unspecified atom stereocenters. The van der Waals surface area contributed by atoms with E-state index in [1.54, 1.807) is 4.90 Å². The first-order valence-electron chi connectivity index (χ1n) is 5.65. The average molecular weight is 277 g/mol. The maximum atomic E-state index is 12.2. The summed E-state index contributed by atoms with van der Waals surface area (Å²) in [6, 6.07) is 7.70. The van der Waals surface area contributed by atoms with E-state index in [9.17, 15) is 13.2 Å². The highest BCUT2D eigenvalue weighted by Crippen LogP contribution is 2.25. The normalized spacial score (nSPS) is 19.9. The summed E-state index contributed by atoms with van der Waals surface area (Å²) in [5.41, 5.74) is 7.53. The van der Waals surface area contributed by atoms with Crippen molar-refractivity contribution in [3.8, 4) is 0 Å². The van der Waals surface area contributed by atoms with Crippen molar-refractivity contribution in [1.82, 2.24) is 4.90 Å². The molecular formula is C12H11N3O3S. The Hall–Kier alpha value is -2.15. The van der Waals surface area contributed by atoms with Crippen LogP contribution in [0, 0.1) is 0 Å². The first-order chi connectivity index (χ1) is 8.99. The van der Waals surface area contributed by atoms with Crippen LogP contribution in [0.25, 0.3) is 0 Å². The van der Waals surface area contributed by atoms with Gasteiger partial charge in [0.2, 0.25) is 0 Å². The fraction of sp³-hybridized carbons (Fsp3) is 0.167. The molecule has 19 heavy (non-hydrogen) atoms. The second-order valence-corrected chi connectivity index (χ2v) is 6.02. The Morgan fingerprint density at radius 3 is 2.26 bits per heavy atom. The fourth-order valence-electron chi connectivity index (χ4n) is 2.19. The van der Waals surface area contributed by atoms with Crippen molar-refractivity contribution in [2.24, 2.45) is 10.1 Å². The van der Waals surface area contributed by atoms with Gasteiger partial charge in [0, 0.05) is 13.1 Å². The lowest BCUT2D eigenvalue weighted by Crippen LogP contribution is -2.28. The lowest BCUT2D eigenvalue weighted by Gasteiger charge is -2.14. The van der Waals surface area contributed by atoms with E-state index >= 15 is 0 Å². The number of benzene rings is 1. The van der Waals surface area contributed by atoms with Crippen molar-refractivity contribution < 1.29 is 13.2 Å². The molecule has 0 aliphatic carbocycles. The number of fused-ring (bicyclic) bond motifs is 1. The molecule has 0 fully saturated rings. The van der Waals surface area contributed by atoms with Gasteiger partial charge < -0.3 is 10.6 Å². The molecule has 7 heteroatoms. The number of hydrogen-bond acceptors (Lipinski definition) is 4. The molecule has 2 N–H and O–H groups in total. The van der Waals surface area contributed by atoms with E-state index in [1.807, 2.05) is 24.3 Å². The molecule has 0 radical (unpaired) electrons. The van der Waals surface area contributed by atoms with Gasteiger partial charge >= 0.3 is 0 Å². The summed E-state index contributed by atoms with van der Waals surface area (Å²) in [5.74, 6) is -0.404. The molecule has 1 aromatic carbocycles. The highest BCUT2D eigenvalue weighted by Gasteiger charge is 2.32. The summed E-state index contributed by atoms with van der Waals surface area (Å²) in [6.45, 7) is 0.916. The topological polar surface area (TPSA) is 92.8 Å². The van der Waals surface area contributed by atoms with Gasteiger partial charge in [-0.05, 0) is 11.1 Å². The fourth-order valence-corrected chi connectivity index (χ4v) is 2.96. The van der Waals surface area contributed by atoms with Crippen molar-refractivity contribution in [1.29, 1.82) is 0 Å². The third-order valence-corrected chi connectivity index (χ3v) is 4.38. The van der Waals surface area contributed by atoms with Gasteiger partial charge in [0.15, 0.2) is 5.03 Å². The van der Waals surface area contributed by atoms with E-state index in [-0.39, 0.29) is 5.57 Å². The second-order valence-electron chi connectivity index (χ2n) is 4.42. The number of sulfonamides is 1. The Labute approximate surface area is 110 Å². The smallest absolute Gasteiger partial charge is 0.298 e. The van der Waals surface area contributed by atoms with Gasteiger partial charge in [0.05, 0.1) is 11.8 Å². The van der Waals surface area contributed by atoms with E-state index in [0.717, 1.165) is 17.3 Å². The number of nitrogens with zero attached hydrogens (tertiary/aromatic N) is 2. The van der Waals surface area contributed by atoms with E-state index < -0.39 is 21.0 Å². The summed E-state index contributed by atoms with van der Waals surface area (Å²) in [4.78, 5) is 13.8. The maximum Gasteiger partial charge on any atom is 0.298 e. The van der Waals surface area contributed by atoms with Crippen LogP contribution in [0.5, 0.6) is 0 Å². The molecule has 0 saturated heterocycles. The lowest BCUT2D eigenvalue weighted by atomic mass is 10.1. The van der Waals surface area contributed by atoms with Gasteiger partial charge in [-0.3, -0.25) is 4.79 Å². The van der Waals surface area contributed by atoms with Crippen molar-refractivity contribution in [3.63, 3.8) is 0 Å².